The summed E-state index contributed by atoms with van der Waals surface area (Å²) in [6.07, 6.45) is 1.78. The second kappa shape index (κ2) is 4.45. The maximum Gasteiger partial charge on any atom is 0.0918 e. The van der Waals surface area contributed by atoms with E-state index in [1.165, 1.54) is 0 Å². The Morgan fingerprint density at radius 2 is 2.00 bits per heavy atom. The quantitative estimate of drug-likeness (QED) is 0.485. The van der Waals surface area contributed by atoms with Gasteiger partial charge in [0.25, 0.3) is 0 Å². The summed E-state index contributed by atoms with van der Waals surface area (Å²) in [6.45, 7) is 7.45. The Labute approximate surface area is 75.4 Å². The van der Waals surface area contributed by atoms with Gasteiger partial charge in [0.15, 0.2) is 0 Å². The van der Waals surface area contributed by atoms with E-state index < -0.39 is 0 Å². The molecule has 0 atom stereocenters. The van der Waals surface area contributed by atoms with Crippen molar-refractivity contribution in [2.45, 2.75) is 39.2 Å². The molecule has 0 radical (unpaired) electrons. The monoisotopic (exact) mass is 171 g/mol. The van der Waals surface area contributed by atoms with Crippen LogP contribution < -0.4 is 5.73 Å². The van der Waals surface area contributed by atoms with E-state index in [0.29, 0.717) is 6.42 Å². The molecule has 0 aromatic rings. The van der Waals surface area contributed by atoms with E-state index in [1.807, 2.05) is 0 Å². The van der Waals surface area contributed by atoms with Crippen molar-refractivity contribution in [3.8, 4) is 0 Å². The normalized spacial score (nSPS) is 12.1. The van der Waals surface area contributed by atoms with E-state index in [1.54, 1.807) is 0 Å². The van der Waals surface area contributed by atoms with Crippen LogP contribution in [0.25, 0.3) is 0 Å². The van der Waals surface area contributed by atoms with Crippen molar-refractivity contribution in [3.63, 3.8) is 0 Å². The van der Waals surface area contributed by atoms with Crippen LogP contribution in [0.4, 0.5) is 0 Å². The SMILES string of the molecule is CCC(C)(C)N(C)CCC(=N)N. The van der Waals surface area contributed by atoms with E-state index in [-0.39, 0.29) is 11.4 Å². The summed E-state index contributed by atoms with van der Waals surface area (Å²) in [5, 5.41) is 7.10. The zero-order valence-electron chi connectivity index (χ0n) is 8.65. The highest BCUT2D eigenvalue weighted by atomic mass is 15.2. The first-order valence-electron chi connectivity index (χ1n) is 4.44. The molecule has 3 heteroatoms. The first-order chi connectivity index (χ1) is 5.40. The second-order valence-electron chi connectivity index (χ2n) is 3.86. The average molecular weight is 171 g/mol. The molecule has 0 amide bonds. The Balaban J connectivity index is 3.86. The average Bonchev–Trinajstić information content (AvgIpc) is 2.00. The fourth-order valence-electron chi connectivity index (χ4n) is 0.861. The molecule has 0 fully saturated rings. The lowest BCUT2D eigenvalue weighted by Gasteiger charge is -2.34. The molecule has 0 aromatic carbocycles. The first kappa shape index (κ1) is 11.4. The maximum atomic E-state index is 7.10. The Morgan fingerprint density at radius 3 is 2.33 bits per heavy atom. The largest absolute Gasteiger partial charge is 0.388 e. The number of nitrogens with one attached hydrogen (secondary N) is 1. The fourth-order valence-corrected chi connectivity index (χ4v) is 0.861. The van der Waals surface area contributed by atoms with Crippen molar-refractivity contribution in [3.05, 3.63) is 0 Å². The van der Waals surface area contributed by atoms with Gasteiger partial charge in [0.2, 0.25) is 0 Å². The molecule has 0 heterocycles. The molecule has 0 spiro atoms. The third-order valence-corrected chi connectivity index (χ3v) is 2.62. The van der Waals surface area contributed by atoms with E-state index in [4.69, 9.17) is 11.1 Å². The lowest BCUT2D eigenvalue weighted by atomic mass is 10.00. The Bertz CT molecular complexity index is 152. The van der Waals surface area contributed by atoms with Crippen LogP contribution in [0.5, 0.6) is 0 Å². The summed E-state index contributed by atoms with van der Waals surface area (Å²) in [5.74, 6) is 0.272. The highest BCUT2D eigenvalue weighted by Gasteiger charge is 2.20. The molecule has 0 aliphatic rings. The van der Waals surface area contributed by atoms with E-state index in [2.05, 4.69) is 32.7 Å². The topological polar surface area (TPSA) is 53.1 Å². The van der Waals surface area contributed by atoms with Crippen molar-refractivity contribution in [2.24, 2.45) is 5.73 Å². The van der Waals surface area contributed by atoms with E-state index in [9.17, 15) is 0 Å². The third-order valence-electron chi connectivity index (χ3n) is 2.62. The summed E-state index contributed by atoms with van der Waals surface area (Å²) >= 11 is 0. The minimum Gasteiger partial charge on any atom is -0.388 e. The van der Waals surface area contributed by atoms with E-state index in [0.717, 1.165) is 13.0 Å². The van der Waals surface area contributed by atoms with Gasteiger partial charge < -0.3 is 10.6 Å². The highest BCUT2D eigenvalue weighted by molar-refractivity contribution is 5.76. The van der Waals surface area contributed by atoms with E-state index >= 15 is 0 Å². The molecule has 0 aliphatic carbocycles. The van der Waals surface area contributed by atoms with Crippen LogP contribution in [0.3, 0.4) is 0 Å². The van der Waals surface area contributed by atoms with Gasteiger partial charge in [-0.2, -0.15) is 0 Å². The van der Waals surface area contributed by atoms with Gasteiger partial charge in [-0.25, -0.2) is 0 Å². The molecule has 12 heavy (non-hydrogen) atoms. The van der Waals surface area contributed by atoms with Crippen LogP contribution in [0.15, 0.2) is 0 Å². The standard InChI is InChI=1S/C9H21N3/c1-5-9(2,3)12(4)7-6-8(10)11/h5-7H2,1-4H3,(H3,10,11). The summed E-state index contributed by atoms with van der Waals surface area (Å²) in [7, 11) is 2.08. The van der Waals surface area contributed by atoms with Crippen LogP contribution in [0.2, 0.25) is 0 Å². The van der Waals surface area contributed by atoms with Gasteiger partial charge >= 0.3 is 0 Å². The molecule has 0 saturated carbocycles. The lowest BCUT2D eigenvalue weighted by molar-refractivity contribution is 0.155. The summed E-state index contributed by atoms with van der Waals surface area (Å²) < 4.78 is 0. The zero-order chi connectivity index (χ0) is 9.78. The molecule has 0 aromatic heterocycles. The highest BCUT2D eigenvalue weighted by Crippen LogP contribution is 2.15. The van der Waals surface area contributed by atoms with Crippen molar-refractivity contribution >= 4 is 5.84 Å². The van der Waals surface area contributed by atoms with Gasteiger partial charge in [-0.1, -0.05) is 6.92 Å². The summed E-state index contributed by atoms with van der Waals surface area (Å²) in [5.41, 5.74) is 5.50. The Hall–Kier alpha value is -0.570. The molecule has 0 unspecified atom stereocenters. The molecule has 0 saturated heterocycles. The fraction of sp³-hybridized carbons (Fsp3) is 0.889. The van der Waals surface area contributed by atoms with Gasteiger partial charge in [-0.15, -0.1) is 0 Å². The third kappa shape index (κ3) is 3.72. The molecule has 0 rings (SSSR count). The molecular weight excluding hydrogens is 150 g/mol. The molecule has 0 aliphatic heterocycles. The van der Waals surface area contributed by atoms with Crippen LogP contribution >= 0.6 is 0 Å². The molecule has 72 valence electrons. The summed E-state index contributed by atoms with van der Waals surface area (Å²) in [4.78, 5) is 2.24. The number of hydrogen-bond donors (Lipinski definition) is 2. The van der Waals surface area contributed by atoms with Gasteiger partial charge in [-0.3, -0.25) is 5.41 Å². The van der Waals surface area contributed by atoms with Crippen LogP contribution in [0, 0.1) is 5.41 Å². The lowest BCUT2D eigenvalue weighted by Crippen LogP contribution is -2.41. The molecular formula is C9H21N3. The minimum atomic E-state index is 0.218. The Kier molecular flexibility index (Phi) is 4.24. The number of amidine groups is 1. The predicted molar refractivity (Wildman–Crippen MR) is 53.5 cm³/mol. The maximum absolute atomic E-state index is 7.10. The number of nitrogens with zero attached hydrogens (tertiary/aromatic N) is 1. The minimum absolute atomic E-state index is 0.218. The first-order valence-corrected chi connectivity index (χ1v) is 4.44. The second-order valence-corrected chi connectivity index (χ2v) is 3.86. The zero-order valence-corrected chi connectivity index (χ0v) is 8.65. The Morgan fingerprint density at radius 1 is 1.50 bits per heavy atom. The van der Waals surface area contributed by atoms with Crippen molar-refractivity contribution in [1.82, 2.24) is 4.90 Å². The van der Waals surface area contributed by atoms with Crippen molar-refractivity contribution < 1.29 is 0 Å². The van der Waals surface area contributed by atoms with Gasteiger partial charge in [0.1, 0.15) is 0 Å². The number of nitrogens with two attached hydrogens (primary N) is 1. The smallest absolute Gasteiger partial charge is 0.0918 e. The van der Waals surface area contributed by atoms with Gasteiger partial charge in [0.05, 0.1) is 5.84 Å². The summed E-state index contributed by atoms with van der Waals surface area (Å²) in [6, 6.07) is 0. The molecule has 3 N–H and O–H groups in total. The van der Waals surface area contributed by atoms with Crippen LogP contribution in [-0.4, -0.2) is 29.9 Å². The van der Waals surface area contributed by atoms with Crippen molar-refractivity contribution in [1.29, 1.82) is 5.41 Å². The predicted octanol–water partition coefficient (Wildman–Crippen LogP) is 1.43. The van der Waals surface area contributed by atoms with Gasteiger partial charge in [0, 0.05) is 18.5 Å². The van der Waals surface area contributed by atoms with Crippen LogP contribution in [-0.2, 0) is 0 Å². The number of rotatable bonds is 5. The van der Waals surface area contributed by atoms with Crippen LogP contribution in [0.1, 0.15) is 33.6 Å². The van der Waals surface area contributed by atoms with Gasteiger partial charge in [-0.05, 0) is 27.3 Å². The molecule has 0 bridgehead atoms. The molecule has 3 nitrogen and oxygen atoms in total. The van der Waals surface area contributed by atoms with Crippen molar-refractivity contribution in [2.75, 3.05) is 13.6 Å². The number of hydrogen-bond acceptors (Lipinski definition) is 2.